The number of benzene rings is 3. The maximum atomic E-state index is 13.6. The number of hydrogen-bond acceptors (Lipinski definition) is 13. The average Bonchev–Trinajstić information content (AvgIpc) is 3.12. The fourth-order valence-corrected chi connectivity index (χ4v) is 7.18. The van der Waals surface area contributed by atoms with Crippen molar-refractivity contribution in [2.75, 3.05) is 35.9 Å². The molecule has 0 spiro atoms. The molecule has 0 aromatic heterocycles. The summed E-state index contributed by atoms with van der Waals surface area (Å²) in [5, 5.41) is 5.73. The number of nitrogens with one attached hydrogen (secondary N) is 3. The molecule has 0 saturated carbocycles. The summed E-state index contributed by atoms with van der Waals surface area (Å²) in [5.74, 6) is 0.245. The number of unbranched alkanes of at least 4 members (excludes halogenated alkanes) is 2. The summed E-state index contributed by atoms with van der Waals surface area (Å²) in [5.41, 5.74) is 10.9. The van der Waals surface area contributed by atoms with E-state index in [1.165, 1.54) is 36.4 Å². The van der Waals surface area contributed by atoms with Crippen molar-refractivity contribution < 1.29 is 30.7 Å². The number of carbonyl (C=O) groups is 1. The molecule has 0 amide bonds. The number of anilines is 3. The Labute approximate surface area is 304 Å². The zero-order valence-electron chi connectivity index (χ0n) is 28.6. The fourth-order valence-electron chi connectivity index (χ4n) is 5.91. The molecule has 0 radical (unpaired) electrons. The number of nitrogens with zero attached hydrogens (tertiary/aromatic N) is 2. The topological polar surface area (TPSA) is 249 Å². The third kappa shape index (κ3) is 9.01. The molecule has 0 aliphatic heterocycles. The van der Waals surface area contributed by atoms with Gasteiger partial charge in [0, 0.05) is 42.9 Å². The summed E-state index contributed by atoms with van der Waals surface area (Å²) in [6, 6.07) is 17.4. The van der Waals surface area contributed by atoms with Crippen LogP contribution in [-0.4, -0.2) is 51.9 Å². The van der Waals surface area contributed by atoms with E-state index in [0.29, 0.717) is 31.1 Å². The fraction of sp³-hybridized carbons (Fsp3) is 0.250. The number of fused-ring (bicyclic) bond motifs is 1. The number of carbonyl (C=O) groups excluding carboxylic acids is 1. The van der Waals surface area contributed by atoms with Crippen LogP contribution >= 0.6 is 0 Å². The maximum Gasteiger partial charge on any atom is 0.296 e. The molecule has 2 aliphatic carbocycles. The van der Waals surface area contributed by atoms with Crippen LogP contribution in [0.1, 0.15) is 38.5 Å². The van der Waals surface area contributed by atoms with Gasteiger partial charge in [0.2, 0.25) is 0 Å². The Bertz CT molecular complexity index is 2700. The van der Waals surface area contributed by atoms with Crippen molar-refractivity contribution in [2.24, 2.45) is 10.7 Å². The highest BCUT2D eigenvalue weighted by molar-refractivity contribution is 7.86. The molecular weight excluding hydrogens is 725 g/mol. The monoisotopic (exact) mass is 762 g/mol. The molecule has 3 aromatic carbocycles. The second-order valence-corrected chi connectivity index (χ2v) is 15.2. The number of ketones is 1. The molecule has 0 saturated heterocycles. The van der Waals surface area contributed by atoms with E-state index < -0.39 is 67.7 Å². The standard InChI is InChI=1S/C36H38N6O9S2/c1-42(19-6-2-3-8-25(43)9-7-18-37)24-15-12-22(13-16-24)40-41-23-14-17-28(30(20-23)52(46,47)48)39-29-21-31(53(49,50)51)34(38)33-32(29)35(44)26-10-4-5-11-27(26)36(33)45/h4-5,10-17,20-21,38,40-41H,2-3,6-9,18-19,37H2,1H3,(H,46,47,48)(H,49,50,51). The van der Waals surface area contributed by atoms with Crippen LogP contribution in [0.3, 0.4) is 0 Å². The average molecular weight is 763 g/mol. The summed E-state index contributed by atoms with van der Waals surface area (Å²) >= 11 is 0. The number of rotatable bonds is 16. The summed E-state index contributed by atoms with van der Waals surface area (Å²) in [6.45, 7) is 1.31. The third-order valence-corrected chi connectivity index (χ3v) is 10.4. The lowest BCUT2D eigenvalue weighted by molar-refractivity contribution is -0.119. The van der Waals surface area contributed by atoms with Gasteiger partial charge in [0.1, 0.15) is 15.6 Å². The van der Waals surface area contributed by atoms with Crippen molar-refractivity contribution in [3.8, 4) is 0 Å². The summed E-state index contributed by atoms with van der Waals surface area (Å²) < 4.78 is 69.5. The van der Waals surface area contributed by atoms with Crippen LogP contribution in [-0.2, 0) is 25.0 Å². The summed E-state index contributed by atoms with van der Waals surface area (Å²) in [4.78, 5) is 43.4. The van der Waals surface area contributed by atoms with Gasteiger partial charge in [0.25, 0.3) is 20.2 Å². The van der Waals surface area contributed by atoms with Gasteiger partial charge in [-0.3, -0.25) is 28.9 Å². The Morgan fingerprint density at radius 3 is 1.98 bits per heavy atom. The summed E-state index contributed by atoms with van der Waals surface area (Å²) in [7, 11) is -8.13. The minimum Gasteiger partial charge on any atom is -0.375 e. The van der Waals surface area contributed by atoms with Gasteiger partial charge in [0.15, 0.2) is 10.9 Å². The molecule has 15 nitrogen and oxygen atoms in total. The van der Waals surface area contributed by atoms with Crippen LogP contribution in [0.15, 0.2) is 97.2 Å². The SMILES string of the molecule is CN(CCCCCC(=O)CCCN)c1ccc(NNc2ccc(N=c3cc(S(=O)(=O)O)c(=N)c4c(=O)c5ccccc5c(=O)c3=4)c(S(=O)(=O)O)c2)cc1. The van der Waals surface area contributed by atoms with E-state index in [9.17, 15) is 40.3 Å². The Kier molecular flexibility index (Phi) is 11.8. The van der Waals surface area contributed by atoms with Crippen LogP contribution in [0.25, 0.3) is 10.8 Å². The molecule has 5 rings (SSSR count). The van der Waals surface area contributed by atoms with E-state index in [1.807, 2.05) is 19.2 Å². The first kappa shape index (κ1) is 38.9. The van der Waals surface area contributed by atoms with Crippen LogP contribution in [0.2, 0.25) is 0 Å². The van der Waals surface area contributed by atoms with Gasteiger partial charge >= 0.3 is 0 Å². The molecule has 17 heteroatoms. The molecule has 3 aromatic rings. The molecule has 0 bridgehead atoms. The Morgan fingerprint density at radius 2 is 1.36 bits per heavy atom. The van der Waals surface area contributed by atoms with E-state index >= 15 is 0 Å². The first-order valence-electron chi connectivity index (χ1n) is 16.6. The number of Topliss-reactive ketones (excluding diaryl/α,β-unsaturated/α-hetero) is 1. The smallest absolute Gasteiger partial charge is 0.296 e. The van der Waals surface area contributed by atoms with Crippen molar-refractivity contribution in [1.82, 2.24) is 0 Å². The zero-order chi connectivity index (χ0) is 38.5. The van der Waals surface area contributed by atoms with Gasteiger partial charge in [-0.25, -0.2) is 4.99 Å². The van der Waals surface area contributed by atoms with E-state index in [4.69, 9.17) is 11.1 Å². The Hall–Kier alpha value is -5.33. The molecule has 7 N–H and O–H groups in total. The van der Waals surface area contributed by atoms with Crippen LogP contribution < -0.4 is 43.1 Å². The van der Waals surface area contributed by atoms with E-state index in [-0.39, 0.29) is 22.2 Å². The first-order valence-corrected chi connectivity index (χ1v) is 19.4. The third-order valence-electron chi connectivity index (χ3n) is 8.67. The summed E-state index contributed by atoms with van der Waals surface area (Å²) in [6.07, 6.45) is 4.51. The number of hydrogen-bond donors (Lipinski definition) is 6. The molecule has 53 heavy (non-hydrogen) atoms. The van der Waals surface area contributed by atoms with Gasteiger partial charge in [-0.2, -0.15) is 16.8 Å². The highest BCUT2D eigenvalue weighted by atomic mass is 32.2. The van der Waals surface area contributed by atoms with Crippen molar-refractivity contribution in [2.45, 2.75) is 48.3 Å². The maximum absolute atomic E-state index is 13.6. The lowest BCUT2D eigenvalue weighted by atomic mass is 10.0. The quantitative estimate of drug-likeness (QED) is 0.0481. The van der Waals surface area contributed by atoms with Crippen molar-refractivity contribution >= 4 is 59.5 Å². The van der Waals surface area contributed by atoms with E-state index in [2.05, 4.69) is 20.7 Å². The van der Waals surface area contributed by atoms with Crippen LogP contribution in [0.4, 0.5) is 22.7 Å². The van der Waals surface area contributed by atoms with Crippen molar-refractivity contribution in [3.63, 3.8) is 0 Å². The highest BCUT2D eigenvalue weighted by Gasteiger charge is 2.21. The van der Waals surface area contributed by atoms with Crippen molar-refractivity contribution in [1.29, 1.82) is 5.41 Å². The minimum atomic E-state index is -5.11. The molecular formula is C36H38N6O9S2. The number of nitrogens with two attached hydrogens (primary N) is 1. The predicted octanol–water partition coefficient (Wildman–Crippen LogP) is 3.11. The minimum absolute atomic E-state index is 0.0419. The molecule has 0 heterocycles. The lowest BCUT2D eigenvalue weighted by Crippen LogP contribution is -2.32. The van der Waals surface area contributed by atoms with Gasteiger partial charge in [-0.15, -0.1) is 0 Å². The predicted molar refractivity (Wildman–Crippen MR) is 200 cm³/mol. The second-order valence-electron chi connectivity index (χ2n) is 12.4. The van der Waals surface area contributed by atoms with Gasteiger partial charge in [0.05, 0.1) is 38.2 Å². The van der Waals surface area contributed by atoms with Crippen LogP contribution in [0.5, 0.6) is 0 Å². The van der Waals surface area contributed by atoms with Gasteiger partial charge in [-0.05, 0) is 74.3 Å². The van der Waals surface area contributed by atoms with E-state index in [0.717, 1.165) is 44.0 Å². The number of hydrazine groups is 1. The molecule has 0 atom stereocenters. The second kappa shape index (κ2) is 16.1. The highest BCUT2D eigenvalue weighted by Crippen LogP contribution is 2.28. The normalized spacial score (nSPS) is 12.3. The van der Waals surface area contributed by atoms with Crippen molar-refractivity contribution in [3.05, 3.63) is 114 Å². The van der Waals surface area contributed by atoms with Gasteiger partial charge < -0.3 is 21.5 Å². The van der Waals surface area contributed by atoms with Gasteiger partial charge in [-0.1, -0.05) is 30.7 Å². The van der Waals surface area contributed by atoms with Crippen LogP contribution in [0, 0.1) is 15.8 Å². The molecule has 0 unspecified atom stereocenters. The molecule has 0 fully saturated rings. The first-order chi connectivity index (χ1) is 25.1. The lowest BCUT2D eigenvalue weighted by Gasteiger charge is -2.20. The molecule has 278 valence electrons. The molecule has 2 aliphatic rings. The zero-order valence-corrected chi connectivity index (χ0v) is 30.3. The Balaban J connectivity index is 1.40. The Morgan fingerprint density at radius 1 is 0.774 bits per heavy atom. The van der Waals surface area contributed by atoms with E-state index in [1.54, 1.807) is 12.1 Å². The largest absolute Gasteiger partial charge is 0.375 e.